The largest absolute Gasteiger partial charge is 0.355 e. The number of rotatable bonds is 9. The molecule has 1 aromatic heterocycles. The number of aromatic amines is 1. The van der Waals surface area contributed by atoms with E-state index in [2.05, 4.69) is 20.5 Å². The predicted molar refractivity (Wildman–Crippen MR) is 117 cm³/mol. The number of nitrogens with zero attached hydrogens (tertiary/aromatic N) is 3. The molecule has 0 aliphatic carbocycles. The third-order valence-corrected chi connectivity index (χ3v) is 6.95. The summed E-state index contributed by atoms with van der Waals surface area (Å²) in [5.74, 6) is 1.33. The molecule has 0 radical (unpaired) electrons. The van der Waals surface area contributed by atoms with E-state index < -0.39 is 10.0 Å². The van der Waals surface area contributed by atoms with Gasteiger partial charge in [0.25, 0.3) is 10.0 Å². The number of carbonyl (C=O) groups is 1. The molecule has 30 heavy (non-hydrogen) atoms. The number of aromatic nitrogens is 3. The van der Waals surface area contributed by atoms with Crippen molar-refractivity contribution >= 4 is 33.4 Å². The minimum absolute atomic E-state index is 0.0974. The maximum Gasteiger partial charge on any atom is 0.264 e. The van der Waals surface area contributed by atoms with Crippen LogP contribution < -0.4 is 9.62 Å². The summed E-state index contributed by atoms with van der Waals surface area (Å²) in [4.78, 5) is 16.5. The van der Waals surface area contributed by atoms with Crippen molar-refractivity contribution in [2.45, 2.75) is 23.4 Å². The second-order valence-electron chi connectivity index (χ2n) is 6.53. The highest BCUT2D eigenvalue weighted by molar-refractivity contribution is 7.99. The monoisotopic (exact) mass is 445 g/mol. The number of nitrogens with one attached hydrogen (secondary N) is 2. The van der Waals surface area contributed by atoms with Gasteiger partial charge >= 0.3 is 0 Å². The van der Waals surface area contributed by atoms with Gasteiger partial charge in [0.05, 0.1) is 17.0 Å². The standard InChI is InChI=1S/C20H23N5O3S2/c1-15-22-20(24-23-15)29-13-12-21-19(26)14-16-8-10-17(11-9-16)25(2)30(27,28)18-6-4-3-5-7-18/h3-11H,12-14H2,1-2H3,(H,21,26)(H,22,23,24). The highest BCUT2D eigenvalue weighted by Crippen LogP contribution is 2.22. The van der Waals surface area contributed by atoms with Crippen LogP contribution in [0.1, 0.15) is 11.4 Å². The second-order valence-corrected chi connectivity index (χ2v) is 9.56. The number of hydrogen-bond donors (Lipinski definition) is 2. The quantitative estimate of drug-likeness (QED) is 0.387. The first-order valence-corrected chi connectivity index (χ1v) is 11.7. The molecule has 2 N–H and O–H groups in total. The number of sulfonamides is 1. The summed E-state index contributed by atoms with van der Waals surface area (Å²) in [6, 6.07) is 15.2. The van der Waals surface area contributed by atoms with Gasteiger partial charge in [-0.3, -0.25) is 14.2 Å². The van der Waals surface area contributed by atoms with Crippen LogP contribution in [0.25, 0.3) is 0 Å². The van der Waals surface area contributed by atoms with Gasteiger partial charge in [-0.2, -0.15) is 0 Å². The molecular weight excluding hydrogens is 422 g/mol. The van der Waals surface area contributed by atoms with E-state index in [-0.39, 0.29) is 17.2 Å². The summed E-state index contributed by atoms with van der Waals surface area (Å²) >= 11 is 1.46. The van der Waals surface area contributed by atoms with Gasteiger partial charge in [-0.1, -0.05) is 42.1 Å². The Kier molecular flexibility index (Phi) is 7.11. The lowest BCUT2D eigenvalue weighted by molar-refractivity contribution is -0.120. The Labute approximate surface area is 180 Å². The van der Waals surface area contributed by atoms with Crippen molar-refractivity contribution in [1.82, 2.24) is 20.5 Å². The molecule has 1 heterocycles. The molecule has 3 aromatic rings. The molecule has 0 saturated carbocycles. The van der Waals surface area contributed by atoms with Crippen LogP contribution in [0.5, 0.6) is 0 Å². The lowest BCUT2D eigenvalue weighted by atomic mass is 10.1. The van der Waals surface area contributed by atoms with Crippen molar-refractivity contribution in [1.29, 1.82) is 0 Å². The van der Waals surface area contributed by atoms with Crippen LogP contribution in [-0.2, 0) is 21.2 Å². The van der Waals surface area contributed by atoms with E-state index in [4.69, 9.17) is 0 Å². The molecule has 0 atom stereocenters. The van der Waals surface area contributed by atoms with Crippen LogP contribution in [0.3, 0.4) is 0 Å². The zero-order valence-corrected chi connectivity index (χ0v) is 18.3. The van der Waals surface area contributed by atoms with Crippen LogP contribution in [0.2, 0.25) is 0 Å². The summed E-state index contributed by atoms with van der Waals surface area (Å²) < 4.78 is 26.6. The lowest BCUT2D eigenvalue weighted by Crippen LogP contribution is -2.27. The van der Waals surface area contributed by atoms with Crippen LogP contribution in [0, 0.1) is 6.92 Å². The Balaban J connectivity index is 1.50. The first-order valence-electron chi connectivity index (χ1n) is 9.27. The average molecular weight is 446 g/mol. The molecule has 0 aliphatic heterocycles. The maximum atomic E-state index is 12.7. The number of amides is 1. The van der Waals surface area contributed by atoms with Crippen molar-refractivity contribution in [3.63, 3.8) is 0 Å². The number of hydrogen-bond acceptors (Lipinski definition) is 6. The normalized spacial score (nSPS) is 11.3. The molecule has 10 heteroatoms. The third-order valence-electron chi connectivity index (χ3n) is 4.30. The van der Waals surface area contributed by atoms with E-state index in [0.717, 1.165) is 11.4 Å². The third kappa shape index (κ3) is 5.61. The van der Waals surface area contributed by atoms with Gasteiger partial charge in [-0.25, -0.2) is 13.4 Å². The van der Waals surface area contributed by atoms with Crippen molar-refractivity contribution in [3.05, 3.63) is 66.0 Å². The molecule has 0 fully saturated rings. The number of carbonyl (C=O) groups excluding carboxylic acids is 1. The Morgan fingerprint density at radius 2 is 1.83 bits per heavy atom. The molecule has 0 saturated heterocycles. The fraction of sp³-hybridized carbons (Fsp3) is 0.250. The van der Waals surface area contributed by atoms with Crippen LogP contribution in [0.4, 0.5) is 5.69 Å². The number of thioether (sulfide) groups is 1. The highest BCUT2D eigenvalue weighted by Gasteiger charge is 2.20. The summed E-state index contributed by atoms with van der Waals surface area (Å²) in [6.07, 6.45) is 0.222. The number of aryl methyl sites for hydroxylation is 1. The topological polar surface area (TPSA) is 108 Å². The Morgan fingerprint density at radius 3 is 2.47 bits per heavy atom. The summed E-state index contributed by atoms with van der Waals surface area (Å²) in [5.41, 5.74) is 1.33. The zero-order chi connectivity index (χ0) is 21.6. The molecular formula is C20H23N5O3S2. The van der Waals surface area contributed by atoms with Gasteiger partial charge in [0.15, 0.2) is 0 Å². The number of H-pyrrole nitrogens is 1. The van der Waals surface area contributed by atoms with Gasteiger partial charge in [0.1, 0.15) is 5.82 Å². The van der Waals surface area contributed by atoms with Gasteiger partial charge in [0, 0.05) is 19.3 Å². The molecule has 0 bridgehead atoms. The molecule has 3 rings (SSSR count). The molecule has 1 amide bonds. The fourth-order valence-electron chi connectivity index (χ4n) is 2.68. The first kappa shape index (κ1) is 21.8. The van der Waals surface area contributed by atoms with Crippen molar-refractivity contribution in [3.8, 4) is 0 Å². The van der Waals surface area contributed by atoms with E-state index in [1.165, 1.54) is 23.1 Å². The summed E-state index contributed by atoms with van der Waals surface area (Å²) in [7, 11) is -2.11. The Hall–Kier alpha value is -2.85. The van der Waals surface area contributed by atoms with Crippen LogP contribution in [0.15, 0.2) is 64.6 Å². The van der Waals surface area contributed by atoms with Crippen molar-refractivity contribution in [2.75, 3.05) is 23.7 Å². The second kappa shape index (κ2) is 9.77. The van der Waals surface area contributed by atoms with E-state index in [1.807, 2.05) is 6.92 Å². The van der Waals surface area contributed by atoms with Crippen LogP contribution >= 0.6 is 11.8 Å². The Morgan fingerprint density at radius 1 is 1.13 bits per heavy atom. The van der Waals surface area contributed by atoms with Gasteiger partial charge in [0.2, 0.25) is 11.1 Å². The maximum absolute atomic E-state index is 12.7. The van der Waals surface area contributed by atoms with Gasteiger partial charge in [-0.15, -0.1) is 5.10 Å². The molecule has 8 nitrogen and oxygen atoms in total. The average Bonchev–Trinajstić information content (AvgIpc) is 3.17. The smallest absolute Gasteiger partial charge is 0.264 e. The predicted octanol–water partition coefficient (Wildman–Crippen LogP) is 2.39. The zero-order valence-electron chi connectivity index (χ0n) is 16.7. The molecule has 0 unspecified atom stereocenters. The van der Waals surface area contributed by atoms with Crippen molar-refractivity contribution in [2.24, 2.45) is 0 Å². The lowest BCUT2D eigenvalue weighted by Gasteiger charge is -2.19. The van der Waals surface area contributed by atoms with E-state index >= 15 is 0 Å². The van der Waals surface area contributed by atoms with Gasteiger partial charge < -0.3 is 5.32 Å². The minimum atomic E-state index is -3.63. The molecule has 2 aromatic carbocycles. The summed E-state index contributed by atoms with van der Waals surface area (Å²) in [6.45, 7) is 2.34. The van der Waals surface area contributed by atoms with E-state index in [0.29, 0.717) is 23.1 Å². The molecule has 0 spiro atoms. The summed E-state index contributed by atoms with van der Waals surface area (Å²) in [5, 5.41) is 10.3. The minimum Gasteiger partial charge on any atom is -0.355 e. The highest BCUT2D eigenvalue weighted by atomic mass is 32.2. The van der Waals surface area contributed by atoms with Crippen molar-refractivity contribution < 1.29 is 13.2 Å². The Bertz CT molecular complexity index is 1080. The van der Waals surface area contributed by atoms with Crippen LogP contribution in [-0.4, -0.2) is 48.9 Å². The van der Waals surface area contributed by atoms with E-state index in [9.17, 15) is 13.2 Å². The number of benzene rings is 2. The fourth-order valence-corrected chi connectivity index (χ4v) is 4.60. The molecule has 158 valence electrons. The number of anilines is 1. The molecule has 0 aliphatic rings. The van der Waals surface area contributed by atoms with Gasteiger partial charge in [-0.05, 0) is 36.8 Å². The van der Waals surface area contributed by atoms with E-state index in [1.54, 1.807) is 54.6 Å². The SMILES string of the molecule is Cc1nc(SCCNC(=O)Cc2ccc(N(C)S(=O)(=O)c3ccccc3)cc2)n[nH]1. The first-order chi connectivity index (χ1) is 14.4.